The molecule has 4 N–H and O–H groups in total. The number of benzene rings is 3. The largest absolute Gasteiger partial charge is 0.366 e. The zero-order chi connectivity index (χ0) is 22.2. The number of primary amides is 1. The summed E-state index contributed by atoms with van der Waals surface area (Å²) in [6.45, 7) is 1.81. The summed E-state index contributed by atoms with van der Waals surface area (Å²) in [6, 6.07) is 23.4. The molecular formula is C24H23N3O3S. The molecule has 0 radical (unpaired) electrons. The van der Waals surface area contributed by atoms with E-state index in [1.165, 1.54) is 11.8 Å². The van der Waals surface area contributed by atoms with Crippen molar-refractivity contribution >= 4 is 40.9 Å². The molecule has 0 fully saturated rings. The van der Waals surface area contributed by atoms with Gasteiger partial charge in [0.25, 0.3) is 0 Å². The molecule has 158 valence electrons. The highest BCUT2D eigenvalue weighted by atomic mass is 32.2. The normalized spacial score (nSPS) is 11.4. The first-order valence-corrected chi connectivity index (χ1v) is 10.6. The predicted molar refractivity (Wildman–Crippen MR) is 124 cm³/mol. The number of thioether (sulfide) groups is 1. The van der Waals surface area contributed by atoms with Gasteiger partial charge in [-0.3, -0.25) is 14.4 Å². The summed E-state index contributed by atoms with van der Waals surface area (Å²) in [5.41, 5.74) is 7.86. The lowest BCUT2D eigenvalue weighted by atomic mass is 10.1. The van der Waals surface area contributed by atoms with Crippen LogP contribution in [0.15, 0.2) is 83.8 Å². The molecule has 0 saturated heterocycles. The van der Waals surface area contributed by atoms with Gasteiger partial charge in [0, 0.05) is 21.8 Å². The first-order chi connectivity index (χ1) is 14.9. The van der Waals surface area contributed by atoms with Crippen LogP contribution in [0.3, 0.4) is 0 Å². The molecule has 0 bridgehead atoms. The van der Waals surface area contributed by atoms with Gasteiger partial charge in [-0.1, -0.05) is 30.3 Å². The number of carbonyl (C=O) groups excluding carboxylic acids is 3. The number of amides is 3. The van der Waals surface area contributed by atoms with Crippen molar-refractivity contribution in [3.63, 3.8) is 0 Å². The number of nitrogens with two attached hydrogens (primary N) is 1. The fraction of sp³-hybridized carbons (Fsp3) is 0.125. The van der Waals surface area contributed by atoms with Gasteiger partial charge in [-0.25, -0.2) is 0 Å². The first-order valence-electron chi connectivity index (χ1n) is 9.72. The maximum atomic E-state index is 12.4. The molecule has 0 saturated carbocycles. The van der Waals surface area contributed by atoms with Crippen molar-refractivity contribution in [3.8, 4) is 0 Å². The Balaban J connectivity index is 1.50. The van der Waals surface area contributed by atoms with Crippen LogP contribution in [0.25, 0.3) is 0 Å². The third kappa shape index (κ3) is 6.72. The number of carbonyl (C=O) groups is 3. The van der Waals surface area contributed by atoms with Crippen molar-refractivity contribution in [2.24, 2.45) is 5.73 Å². The van der Waals surface area contributed by atoms with Gasteiger partial charge in [-0.05, 0) is 61.0 Å². The number of anilines is 2. The zero-order valence-corrected chi connectivity index (χ0v) is 17.8. The van der Waals surface area contributed by atoms with Gasteiger partial charge >= 0.3 is 0 Å². The topological polar surface area (TPSA) is 101 Å². The predicted octanol–water partition coefficient (Wildman–Crippen LogP) is 4.09. The van der Waals surface area contributed by atoms with Gasteiger partial charge in [0.2, 0.25) is 17.7 Å². The second kappa shape index (κ2) is 10.4. The molecular weight excluding hydrogens is 410 g/mol. The summed E-state index contributed by atoms with van der Waals surface area (Å²) in [7, 11) is 0. The molecule has 6 nitrogen and oxygen atoms in total. The Hall–Kier alpha value is -3.58. The van der Waals surface area contributed by atoms with Crippen LogP contribution in [0.5, 0.6) is 0 Å². The Labute approximate surface area is 185 Å². The van der Waals surface area contributed by atoms with E-state index in [0.717, 1.165) is 10.5 Å². The lowest BCUT2D eigenvalue weighted by molar-refractivity contribution is -0.116. The van der Waals surface area contributed by atoms with E-state index in [0.29, 0.717) is 23.4 Å². The number of rotatable bonds is 8. The molecule has 0 aliphatic carbocycles. The zero-order valence-electron chi connectivity index (χ0n) is 17.0. The maximum Gasteiger partial charge on any atom is 0.248 e. The molecule has 0 aliphatic heterocycles. The van der Waals surface area contributed by atoms with Crippen molar-refractivity contribution in [3.05, 3.63) is 90.0 Å². The molecule has 1 unspecified atom stereocenters. The molecule has 7 heteroatoms. The second-order valence-electron chi connectivity index (χ2n) is 6.93. The van der Waals surface area contributed by atoms with Crippen LogP contribution in [0.2, 0.25) is 0 Å². The third-order valence-electron chi connectivity index (χ3n) is 4.46. The van der Waals surface area contributed by atoms with Gasteiger partial charge in [0.15, 0.2) is 0 Å². The Morgan fingerprint density at radius 1 is 0.839 bits per heavy atom. The van der Waals surface area contributed by atoms with E-state index >= 15 is 0 Å². The summed E-state index contributed by atoms with van der Waals surface area (Å²) < 4.78 is 0. The Morgan fingerprint density at radius 3 is 2.03 bits per heavy atom. The lowest BCUT2D eigenvalue weighted by Gasteiger charge is -2.13. The summed E-state index contributed by atoms with van der Waals surface area (Å²) in [6.07, 6.45) is 0.314. The van der Waals surface area contributed by atoms with Crippen LogP contribution in [0.1, 0.15) is 22.8 Å². The van der Waals surface area contributed by atoms with Crippen LogP contribution in [-0.2, 0) is 16.0 Å². The molecule has 1 atom stereocenters. The highest BCUT2D eigenvalue weighted by molar-refractivity contribution is 8.00. The summed E-state index contributed by atoms with van der Waals surface area (Å²) >= 11 is 1.41. The standard InChI is InChI=1S/C24H23N3O3S/c1-16(24(30)27-20-9-7-18(8-10-20)23(25)29)31-21-13-11-19(12-14-21)26-22(28)15-17-5-3-2-4-6-17/h2-14,16H,15H2,1H3,(H2,25,29)(H,26,28)(H,27,30). The highest BCUT2D eigenvalue weighted by Gasteiger charge is 2.15. The van der Waals surface area contributed by atoms with Gasteiger partial charge in [-0.2, -0.15) is 0 Å². The summed E-state index contributed by atoms with van der Waals surface area (Å²) in [4.78, 5) is 36.6. The minimum absolute atomic E-state index is 0.0818. The van der Waals surface area contributed by atoms with Gasteiger partial charge < -0.3 is 16.4 Å². The molecule has 0 heterocycles. The number of hydrogen-bond acceptors (Lipinski definition) is 4. The minimum atomic E-state index is -0.512. The van der Waals surface area contributed by atoms with Crippen molar-refractivity contribution in [1.82, 2.24) is 0 Å². The first kappa shape index (κ1) is 22.1. The van der Waals surface area contributed by atoms with Crippen molar-refractivity contribution in [1.29, 1.82) is 0 Å². The molecule has 3 aromatic carbocycles. The van der Waals surface area contributed by atoms with Crippen LogP contribution in [-0.4, -0.2) is 23.0 Å². The number of nitrogens with one attached hydrogen (secondary N) is 2. The quantitative estimate of drug-likeness (QED) is 0.466. The van der Waals surface area contributed by atoms with Crippen molar-refractivity contribution < 1.29 is 14.4 Å². The van der Waals surface area contributed by atoms with E-state index in [2.05, 4.69) is 10.6 Å². The van der Waals surface area contributed by atoms with Crippen LogP contribution in [0, 0.1) is 0 Å². The van der Waals surface area contributed by atoms with Crippen LogP contribution in [0.4, 0.5) is 11.4 Å². The Kier molecular flexibility index (Phi) is 7.45. The van der Waals surface area contributed by atoms with Gasteiger partial charge in [0.05, 0.1) is 11.7 Å². The van der Waals surface area contributed by atoms with Crippen LogP contribution >= 0.6 is 11.8 Å². The van der Waals surface area contributed by atoms with E-state index < -0.39 is 5.91 Å². The van der Waals surface area contributed by atoms with Gasteiger partial charge in [0.1, 0.15) is 0 Å². The molecule has 0 spiro atoms. The smallest absolute Gasteiger partial charge is 0.248 e. The lowest BCUT2D eigenvalue weighted by Crippen LogP contribution is -2.22. The molecule has 3 rings (SSSR count). The maximum absolute atomic E-state index is 12.4. The van der Waals surface area contributed by atoms with Crippen LogP contribution < -0.4 is 16.4 Å². The SMILES string of the molecule is CC(Sc1ccc(NC(=O)Cc2ccccc2)cc1)C(=O)Nc1ccc(C(N)=O)cc1. The summed E-state index contributed by atoms with van der Waals surface area (Å²) in [5, 5.41) is 5.36. The minimum Gasteiger partial charge on any atom is -0.366 e. The second-order valence-corrected chi connectivity index (χ2v) is 8.34. The number of hydrogen-bond donors (Lipinski definition) is 3. The average molecular weight is 434 g/mol. The molecule has 0 aliphatic rings. The monoisotopic (exact) mass is 433 g/mol. The molecule has 31 heavy (non-hydrogen) atoms. The Morgan fingerprint density at radius 2 is 1.42 bits per heavy atom. The summed E-state index contributed by atoms with van der Waals surface area (Å²) in [5.74, 6) is -0.750. The fourth-order valence-electron chi connectivity index (χ4n) is 2.82. The molecule has 0 aromatic heterocycles. The van der Waals surface area contributed by atoms with E-state index in [1.807, 2.05) is 61.5 Å². The third-order valence-corrected chi connectivity index (χ3v) is 5.58. The average Bonchev–Trinajstić information content (AvgIpc) is 2.76. The van der Waals surface area contributed by atoms with Gasteiger partial charge in [-0.15, -0.1) is 11.8 Å². The van der Waals surface area contributed by atoms with E-state index in [1.54, 1.807) is 24.3 Å². The van der Waals surface area contributed by atoms with E-state index in [-0.39, 0.29) is 17.1 Å². The van der Waals surface area contributed by atoms with Crippen molar-refractivity contribution in [2.45, 2.75) is 23.5 Å². The van der Waals surface area contributed by atoms with E-state index in [9.17, 15) is 14.4 Å². The highest BCUT2D eigenvalue weighted by Crippen LogP contribution is 2.26. The molecule has 3 aromatic rings. The molecule has 3 amide bonds. The van der Waals surface area contributed by atoms with Crippen molar-refractivity contribution in [2.75, 3.05) is 10.6 Å². The Bertz CT molecular complexity index is 1050. The fourth-order valence-corrected chi connectivity index (χ4v) is 3.69. The van der Waals surface area contributed by atoms with E-state index in [4.69, 9.17) is 5.73 Å².